The molecule has 0 unspecified atom stereocenters. The van der Waals surface area contributed by atoms with Crippen molar-refractivity contribution in [3.8, 4) is 0 Å². The van der Waals surface area contributed by atoms with Crippen LogP contribution >= 0.6 is 11.8 Å². The summed E-state index contributed by atoms with van der Waals surface area (Å²) < 4.78 is 23.5. The van der Waals surface area contributed by atoms with Crippen molar-refractivity contribution in [2.75, 3.05) is 29.9 Å². The second-order valence-electron chi connectivity index (χ2n) is 8.87. The number of anilines is 1. The first kappa shape index (κ1) is 21.5. The third kappa shape index (κ3) is 4.86. The van der Waals surface area contributed by atoms with Crippen LogP contribution in [-0.2, 0) is 16.3 Å². The van der Waals surface area contributed by atoms with Gasteiger partial charge in [0.15, 0.2) is 15.0 Å². The Morgan fingerprint density at radius 3 is 2.59 bits per heavy atom. The zero-order valence-corrected chi connectivity index (χ0v) is 19.4. The number of rotatable bonds is 4. The van der Waals surface area contributed by atoms with E-state index in [2.05, 4.69) is 34.6 Å². The van der Waals surface area contributed by atoms with E-state index in [1.54, 1.807) is 0 Å². The van der Waals surface area contributed by atoms with Crippen molar-refractivity contribution in [3.63, 3.8) is 0 Å². The number of benzene rings is 2. The van der Waals surface area contributed by atoms with Crippen LogP contribution in [0.5, 0.6) is 0 Å². The van der Waals surface area contributed by atoms with Gasteiger partial charge in [0, 0.05) is 29.6 Å². The molecule has 0 aliphatic carbocycles. The van der Waals surface area contributed by atoms with E-state index < -0.39 is 9.84 Å². The molecule has 1 amide bonds. The van der Waals surface area contributed by atoms with Gasteiger partial charge in [0.1, 0.15) is 0 Å². The molecule has 0 aromatic heterocycles. The lowest BCUT2D eigenvalue weighted by Gasteiger charge is -2.32. The second-order valence-corrected chi connectivity index (χ2v) is 12.2. The highest BCUT2D eigenvalue weighted by molar-refractivity contribution is 8.15. The van der Waals surface area contributed by atoms with Crippen LogP contribution in [0.15, 0.2) is 59.6 Å². The highest BCUT2D eigenvalue weighted by Crippen LogP contribution is 2.34. The summed E-state index contributed by atoms with van der Waals surface area (Å²) in [5, 5.41) is 4.02. The zero-order chi connectivity index (χ0) is 22.1. The summed E-state index contributed by atoms with van der Waals surface area (Å²) in [6.45, 7) is 1.57. The summed E-state index contributed by atoms with van der Waals surface area (Å²) >= 11 is 1.49. The summed E-state index contributed by atoms with van der Waals surface area (Å²) in [4.78, 5) is 19.6. The van der Waals surface area contributed by atoms with Gasteiger partial charge in [-0.25, -0.2) is 8.42 Å². The number of carbonyl (C=O) groups excluding carboxylic acids is 1. The molecule has 3 aliphatic heterocycles. The van der Waals surface area contributed by atoms with Gasteiger partial charge in [-0.15, -0.1) is 0 Å². The number of hydrogen-bond acceptors (Lipinski definition) is 6. The van der Waals surface area contributed by atoms with Crippen LogP contribution < -0.4 is 5.32 Å². The number of aliphatic imine (C=N–C) groups is 1. The second kappa shape index (κ2) is 8.90. The molecule has 2 aromatic carbocycles. The molecule has 2 atom stereocenters. The molecule has 0 bridgehead atoms. The summed E-state index contributed by atoms with van der Waals surface area (Å²) in [6.07, 6.45) is 3.13. The maximum atomic E-state index is 13.1. The summed E-state index contributed by atoms with van der Waals surface area (Å²) in [5.41, 5.74) is 2.84. The fourth-order valence-electron chi connectivity index (χ4n) is 4.74. The minimum Gasteiger partial charge on any atom is -0.339 e. The van der Waals surface area contributed by atoms with E-state index in [1.807, 2.05) is 35.2 Å². The SMILES string of the molecule is O=C(c1cccc(NC2=N[C@H]3CS(=O)(=O)C[C@H]3S2)c1)N1CCC(Cc2ccccc2)CC1. The van der Waals surface area contributed by atoms with Gasteiger partial charge < -0.3 is 10.2 Å². The van der Waals surface area contributed by atoms with Crippen LogP contribution in [0.4, 0.5) is 5.69 Å². The van der Waals surface area contributed by atoms with Gasteiger partial charge in [0.05, 0.1) is 17.5 Å². The number of sulfone groups is 1. The predicted octanol–water partition coefficient (Wildman–Crippen LogP) is 3.46. The predicted molar refractivity (Wildman–Crippen MR) is 130 cm³/mol. The van der Waals surface area contributed by atoms with Crippen LogP contribution in [0.3, 0.4) is 0 Å². The Hall–Kier alpha value is -2.32. The van der Waals surface area contributed by atoms with Crippen molar-refractivity contribution >= 4 is 38.4 Å². The Morgan fingerprint density at radius 2 is 1.84 bits per heavy atom. The maximum absolute atomic E-state index is 13.1. The molecule has 168 valence electrons. The quantitative estimate of drug-likeness (QED) is 0.742. The standard InChI is InChI=1S/C24H27N3O3S2/c28-23(27-11-9-18(10-12-27)13-17-5-2-1-3-6-17)19-7-4-8-20(14-19)25-24-26-21-15-32(29,30)16-22(21)31-24/h1-8,14,18,21-22H,9-13,15-16H2,(H,25,26)/t21-,22+/m0/s1. The number of thioether (sulfide) groups is 1. The average Bonchev–Trinajstić information content (AvgIpc) is 3.27. The number of hydrogen-bond donors (Lipinski definition) is 1. The summed E-state index contributed by atoms with van der Waals surface area (Å²) in [6, 6.07) is 17.9. The lowest BCUT2D eigenvalue weighted by molar-refractivity contribution is 0.0690. The number of amidine groups is 1. The monoisotopic (exact) mass is 469 g/mol. The third-order valence-electron chi connectivity index (χ3n) is 6.45. The number of piperidine rings is 1. The van der Waals surface area contributed by atoms with E-state index in [-0.39, 0.29) is 28.7 Å². The first-order chi connectivity index (χ1) is 15.4. The topological polar surface area (TPSA) is 78.8 Å². The van der Waals surface area contributed by atoms with Crippen molar-refractivity contribution in [2.24, 2.45) is 10.9 Å². The Balaban J connectivity index is 1.17. The molecule has 2 saturated heterocycles. The van der Waals surface area contributed by atoms with Crippen LogP contribution in [0.1, 0.15) is 28.8 Å². The van der Waals surface area contributed by atoms with Gasteiger partial charge in [-0.3, -0.25) is 9.79 Å². The van der Waals surface area contributed by atoms with Crippen molar-refractivity contribution in [1.29, 1.82) is 0 Å². The summed E-state index contributed by atoms with van der Waals surface area (Å²) in [7, 11) is -2.96. The van der Waals surface area contributed by atoms with Gasteiger partial charge in [0.2, 0.25) is 0 Å². The fourth-order valence-corrected chi connectivity index (χ4v) is 8.42. The Bertz CT molecular complexity index is 1130. The normalized spacial score (nSPS) is 24.8. The van der Waals surface area contributed by atoms with Crippen LogP contribution in [0.25, 0.3) is 0 Å². The molecular formula is C24H27N3O3S2. The molecule has 0 saturated carbocycles. The number of likely N-dealkylation sites (tertiary alicyclic amines) is 1. The first-order valence-electron chi connectivity index (χ1n) is 11.1. The largest absolute Gasteiger partial charge is 0.339 e. The first-order valence-corrected chi connectivity index (χ1v) is 13.8. The highest BCUT2D eigenvalue weighted by Gasteiger charge is 2.42. The van der Waals surface area contributed by atoms with Crippen LogP contribution in [0.2, 0.25) is 0 Å². The van der Waals surface area contributed by atoms with E-state index >= 15 is 0 Å². The number of nitrogens with zero attached hydrogens (tertiary/aromatic N) is 2. The van der Waals surface area contributed by atoms with E-state index in [0.717, 1.165) is 43.2 Å². The van der Waals surface area contributed by atoms with Crippen molar-refractivity contribution < 1.29 is 13.2 Å². The molecule has 0 radical (unpaired) electrons. The van der Waals surface area contributed by atoms with Crippen molar-refractivity contribution in [2.45, 2.75) is 30.6 Å². The lowest BCUT2D eigenvalue weighted by atomic mass is 9.90. The van der Waals surface area contributed by atoms with Crippen molar-refractivity contribution in [3.05, 3.63) is 65.7 Å². The number of fused-ring (bicyclic) bond motifs is 1. The highest BCUT2D eigenvalue weighted by atomic mass is 32.2. The fraction of sp³-hybridized carbons (Fsp3) is 0.417. The lowest BCUT2D eigenvalue weighted by Crippen LogP contribution is -2.38. The Morgan fingerprint density at radius 1 is 1.06 bits per heavy atom. The molecule has 3 heterocycles. The molecule has 2 aromatic rings. The Kier molecular flexibility index (Phi) is 5.99. The molecule has 5 rings (SSSR count). The maximum Gasteiger partial charge on any atom is 0.253 e. The van der Waals surface area contributed by atoms with Gasteiger partial charge in [-0.1, -0.05) is 48.2 Å². The van der Waals surface area contributed by atoms with Gasteiger partial charge in [-0.2, -0.15) is 0 Å². The molecule has 6 nitrogen and oxygen atoms in total. The van der Waals surface area contributed by atoms with Gasteiger partial charge >= 0.3 is 0 Å². The summed E-state index contributed by atoms with van der Waals surface area (Å²) in [5.74, 6) is 1.01. The molecular weight excluding hydrogens is 442 g/mol. The minimum absolute atomic E-state index is 0.00416. The molecule has 2 fully saturated rings. The van der Waals surface area contributed by atoms with Gasteiger partial charge in [-0.05, 0) is 48.9 Å². The number of amides is 1. The number of nitrogens with one attached hydrogen (secondary N) is 1. The molecule has 3 aliphatic rings. The molecule has 0 spiro atoms. The van der Waals surface area contributed by atoms with E-state index in [0.29, 0.717) is 11.5 Å². The Labute approximate surface area is 193 Å². The number of carbonyl (C=O) groups is 1. The van der Waals surface area contributed by atoms with Gasteiger partial charge in [0.25, 0.3) is 5.91 Å². The minimum atomic E-state index is -2.96. The molecule has 32 heavy (non-hydrogen) atoms. The van der Waals surface area contributed by atoms with E-state index in [1.165, 1.54) is 17.3 Å². The smallest absolute Gasteiger partial charge is 0.253 e. The van der Waals surface area contributed by atoms with Crippen LogP contribution in [-0.4, -0.2) is 60.3 Å². The van der Waals surface area contributed by atoms with E-state index in [4.69, 9.17) is 0 Å². The average molecular weight is 470 g/mol. The van der Waals surface area contributed by atoms with Crippen LogP contribution in [0, 0.1) is 5.92 Å². The zero-order valence-electron chi connectivity index (χ0n) is 17.8. The van der Waals surface area contributed by atoms with E-state index in [9.17, 15) is 13.2 Å². The van der Waals surface area contributed by atoms with Crippen molar-refractivity contribution in [1.82, 2.24) is 4.90 Å². The molecule has 8 heteroatoms. The molecule has 1 N–H and O–H groups in total. The third-order valence-corrected chi connectivity index (χ3v) is 9.59.